The summed E-state index contributed by atoms with van der Waals surface area (Å²) in [6, 6.07) is 15.5. The average molecular weight is 389 g/mol. The molecule has 3 heterocycles. The fourth-order valence-corrected chi connectivity index (χ4v) is 3.30. The number of benzene rings is 1. The zero-order chi connectivity index (χ0) is 20.6. The van der Waals surface area contributed by atoms with E-state index in [-0.39, 0.29) is 11.8 Å². The molecular formula is C22H23N5O2. The van der Waals surface area contributed by atoms with Crippen LogP contribution in [0.1, 0.15) is 42.6 Å². The van der Waals surface area contributed by atoms with Crippen LogP contribution in [0.25, 0.3) is 17.2 Å². The molecule has 0 radical (unpaired) electrons. The Morgan fingerprint density at radius 2 is 1.86 bits per heavy atom. The molecule has 1 aromatic carbocycles. The van der Waals surface area contributed by atoms with E-state index in [0.717, 1.165) is 17.0 Å². The Balaban J connectivity index is 1.59. The smallest absolute Gasteiger partial charge is 0.259 e. The van der Waals surface area contributed by atoms with Crippen LogP contribution in [-0.2, 0) is 5.60 Å². The molecule has 4 aromatic rings. The van der Waals surface area contributed by atoms with Crippen molar-refractivity contribution in [1.82, 2.24) is 24.9 Å². The van der Waals surface area contributed by atoms with E-state index in [0.29, 0.717) is 17.2 Å². The van der Waals surface area contributed by atoms with Crippen LogP contribution < -0.4 is 0 Å². The molecule has 148 valence electrons. The Morgan fingerprint density at radius 1 is 1.10 bits per heavy atom. The van der Waals surface area contributed by atoms with Crippen LogP contribution in [0.3, 0.4) is 0 Å². The minimum absolute atomic E-state index is 0.173. The monoisotopic (exact) mass is 389 g/mol. The molecule has 7 nitrogen and oxygen atoms in total. The third kappa shape index (κ3) is 3.56. The summed E-state index contributed by atoms with van der Waals surface area (Å²) in [5, 5.41) is 19.6. The van der Waals surface area contributed by atoms with Gasteiger partial charge in [-0.1, -0.05) is 42.4 Å². The summed E-state index contributed by atoms with van der Waals surface area (Å²) < 4.78 is 7.19. The standard InChI is InChI=1S/C22H23N5O2/c1-14-12-15(2)27(25-14)19-11-10-18(13-23-19)20-24-21(29-26-20)22(4,28)16(3)17-8-6-5-7-9-17/h5-13,16,28H,1-4H3/t16-,22-/m0/s1. The summed E-state index contributed by atoms with van der Waals surface area (Å²) >= 11 is 0. The predicted octanol–water partition coefficient (Wildman–Crippen LogP) is 3.95. The second-order valence-electron chi connectivity index (χ2n) is 7.45. The molecule has 0 amide bonds. The Morgan fingerprint density at radius 3 is 2.48 bits per heavy atom. The number of aromatic nitrogens is 5. The van der Waals surface area contributed by atoms with Crippen LogP contribution in [0, 0.1) is 13.8 Å². The van der Waals surface area contributed by atoms with Gasteiger partial charge in [0.1, 0.15) is 5.60 Å². The highest BCUT2D eigenvalue weighted by Crippen LogP contribution is 2.36. The van der Waals surface area contributed by atoms with Crippen LogP contribution in [0.4, 0.5) is 0 Å². The molecule has 0 aliphatic carbocycles. The van der Waals surface area contributed by atoms with Crippen molar-refractivity contribution in [3.8, 4) is 17.2 Å². The Hall–Kier alpha value is -3.32. The Bertz CT molecular complexity index is 1110. The number of pyridine rings is 1. The van der Waals surface area contributed by atoms with Crippen molar-refractivity contribution in [1.29, 1.82) is 0 Å². The fraction of sp³-hybridized carbons (Fsp3) is 0.273. The van der Waals surface area contributed by atoms with Crippen molar-refractivity contribution in [2.24, 2.45) is 0 Å². The molecule has 0 saturated carbocycles. The quantitative estimate of drug-likeness (QED) is 0.556. The summed E-state index contributed by atoms with van der Waals surface area (Å²) in [5.74, 6) is 1.05. The van der Waals surface area contributed by atoms with Gasteiger partial charge in [-0.15, -0.1) is 0 Å². The number of hydrogen-bond acceptors (Lipinski definition) is 6. The van der Waals surface area contributed by atoms with Crippen LogP contribution in [-0.4, -0.2) is 30.0 Å². The van der Waals surface area contributed by atoms with Crippen molar-refractivity contribution >= 4 is 0 Å². The van der Waals surface area contributed by atoms with Crippen molar-refractivity contribution in [2.75, 3.05) is 0 Å². The van der Waals surface area contributed by atoms with Crippen molar-refractivity contribution < 1.29 is 9.63 Å². The van der Waals surface area contributed by atoms with E-state index in [9.17, 15) is 5.11 Å². The lowest BCUT2D eigenvalue weighted by molar-refractivity contribution is 0.000604. The molecule has 3 aromatic heterocycles. The van der Waals surface area contributed by atoms with E-state index in [1.807, 2.05) is 69.3 Å². The van der Waals surface area contributed by atoms with E-state index >= 15 is 0 Å². The van der Waals surface area contributed by atoms with Gasteiger partial charge in [0.2, 0.25) is 5.82 Å². The summed E-state index contributed by atoms with van der Waals surface area (Å²) in [4.78, 5) is 8.90. The summed E-state index contributed by atoms with van der Waals surface area (Å²) in [7, 11) is 0. The van der Waals surface area contributed by atoms with Gasteiger partial charge >= 0.3 is 0 Å². The van der Waals surface area contributed by atoms with Gasteiger partial charge in [-0.05, 0) is 44.5 Å². The second-order valence-corrected chi connectivity index (χ2v) is 7.45. The third-order valence-corrected chi connectivity index (χ3v) is 5.23. The summed E-state index contributed by atoms with van der Waals surface area (Å²) in [6.07, 6.45) is 1.68. The minimum Gasteiger partial charge on any atom is -0.380 e. The average Bonchev–Trinajstić information content (AvgIpc) is 3.35. The fourth-order valence-electron chi connectivity index (χ4n) is 3.30. The van der Waals surface area contributed by atoms with Crippen LogP contribution in [0.15, 0.2) is 59.3 Å². The predicted molar refractivity (Wildman–Crippen MR) is 109 cm³/mol. The SMILES string of the molecule is Cc1cc(C)n(-c2ccc(-c3noc([C@@](C)(O)[C@@H](C)c4ccccc4)n3)cn2)n1. The normalized spacial score (nSPS) is 14.5. The number of rotatable bonds is 5. The Labute approximate surface area is 169 Å². The lowest BCUT2D eigenvalue weighted by Crippen LogP contribution is -2.28. The van der Waals surface area contributed by atoms with Gasteiger partial charge in [-0.3, -0.25) is 0 Å². The summed E-state index contributed by atoms with van der Waals surface area (Å²) in [6.45, 7) is 7.55. The molecule has 0 aliphatic rings. The molecule has 0 saturated heterocycles. The number of hydrogen-bond donors (Lipinski definition) is 1. The largest absolute Gasteiger partial charge is 0.380 e. The molecule has 29 heavy (non-hydrogen) atoms. The van der Waals surface area contributed by atoms with E-state index in [1.165, 1.54) is 0 Å². The van der Waals surface area contributed by atoms with E-state index in [4.69, 9.17) is 4.52 Å². The minimum atomic E-state index is -1.30. The maximum atomic E-state index is 11.1. The van der Waals surface area contributed by atoms with Gasteiger partial charge in [0.15, 0.2) is 5.82 Å². The first-order valence-electron chi connectivity index (χ1n) is 9.48. The molecule has 2 atom stereocenters. The second kappa shape index (κ2) is 7.25. The molecule has 0 unspecified atom stereocenters. The molecule has 0 bridgehead atoms. The maximum absolute atomic E-state index is 11.1. The highest BCUT2D eigenvalue weighted by atomic mass is 16.5. The molecule has 0 spiro atoms. The molecule has 7 heteroatoms. The van der Waals surface area contributed by atoms with Gasteiger partial charge in [-0.25, -0.2) is 9.67 Å². The van der Waals surface area contributed by atoms with Crippen LogP contribution in [0.2, 0.25) is 0 Å². The number of aryl methyl sites for hydroxylation is 2. The van der Waals surface area contributed by atoms with Crippen molar-refractivity contribution in [3.63, 3.8) is 0 Å². The lowest BCUT2D eigenvalue weighted by atomic mass is 9.85. The van der Waals surface area contributed by atoms with Crippen molar-refractivity contribution in [3.05, 3.63) is 77.6 Å². The van der Waals surface area contributed by atoms with E-state index in [1.54, 1.807) is 17.8 Å². The molecule has 4 rings (SSSR count). The number of aliphatic hydroxyl groups is 1. The van der Waals surface area contributed by atoms with Gasteiger partial charge in [0.25, 0.3) is 5.89 Å². The van der Waals surface area contributed by atoms with Gasteiger partial charge < -0.3 is 9.63 Å². The maximum Gasteiger partial charge on any atom is 0.259 e. The Kier molecular flexibility index (Phi) is 4.76. The zero-order valence-corrected chi connectivity index (χ0v) is 16.9. The van der Waals surface area contributed by atoms with Crippen LogP contribution in [0.5, 0.6) is 0 Å². The first-order chi connectivity index (χ1) is 13.9. The lowest BCUT2D eigenvalue weighted by Gasteiger charge is -2.26. The topological polar surface area (TPSA) is 89.9 Å². The highest BCUT2D eigenvalue weighted by molar-refractivity contribution is 5.54. The zero-order valence-electron chi connectivity index (χ0n) is 16.9. The highest BCUT2D eigenvalue weighted by Gasteiger charge is 2.37. The van der Waals surface area contributed by atoms with Gasteiger partial charge in [0.05, 0.1) is 5.69 Å². The first kappa shape index (κ1) is 19.0. The third-order valence-electron chi connectivity index (χ3n) is 5.23. The first-order valence-corrected chi connectivity index (χ1v) is 9.48. The molecule has 0 fully saturated rings. The summed E-state index contributed by atoms with van der Waals surface area (Å²) in [5.41, 5.74) is 2.34. The van der Waals surface area contributed by atoms with Gasteiger partial charge in [-0.2, -0.15) is 10.1 Å². The molecule has 0 aliphatic heterocycles. The molecular weight excluding hydrogens is 366 g/mol. The van der Waals surface area contributed by atoms with E-state index < -0.39 is 5.60 Å². The van der Waals surface area contributed by atoms with E-state index in [2.05, 4.69) is 20.2 Å². The van der Waals surface area contributed by atoms with Gasteiger partial charge in [0, 0.05) is 23.4 Å². The van der Waals surface area contributed by atoms with Crippen molar-refractivity contribution in [2.45, 2.75) is 39.2 Å². The van der Waals surface area contributed by atoms with Crippen LogP contribution >= 0.6 is 0 Å². The molecule has 1 N–H and O–H groups in total. The number of nitrogens with zero attached hydrogens (tertiary/aromatic N) is 5.